The zero-order valence-corrected chi connectivity index (χ0v) is 14.1. The number of benzene rings is 1. The lowest BCUT2D eigenvalue weighted by molar-refractivity contribution is 0.171. The molecule has 0 unspecified atom stereocenters. The number of fused-ring (bicyclic) bond motifs is 1. The van der Waals surface area contributed by atoms with Crippen LogP contribution in [0.15, 0.2) is 23.1 Å². The molecular weight excluding hydrogens is 346 g/mol. The van der Waals surface area contributed by atoms with Crippen molar-refractivity contribution in [3.63, 3.8) is 0 Å². The van der Waals surface area contributed by atoms with Gasteiger partial charge in [0.05, 0.1) is 4.90 Å². The van der Waals surface area contributed by atoms with E-state index in [9.17, 15) is 8.42 Å². The van der Waals surface area contributed by atoms with Crippen LogP contribution in [0, 0.1) is 0 Å². The Labute approximate surface area is 128 Å². The number of ether oxygens (including phenoxy) is 2. The Hall–Kier alpha value is -0.790. The Morgan fingerprint density at radius 1 is 1.25 bits per heavy atom. The van der Waals surface area contributed by atoms with E-state index in [-0.39, 0.29) is 4.90 Å². The number of nitrogens with zero attached hydrogens (tertiary/aromatic N) is 1. The minimum atomic E-state index is -3.57. The van der Waals surface area contributed by atoms with Crippen molar-refractivity contribution in [2.24, 2.45) is 0 Å². The van der Waals surface area contributed by atoms with Crippen LogP contribution in [0.3, 0.4) is 0 Å². The first-order valence-electron chi connectivity index (χ1n) is 6.24. The minimum Gasteiger partial charge on any atom is -0.486 e. The highest BCUT2D eigenvalue weighted by molar-refractivity contribution is 9.09. The van der Waals surface area contributed by atoms with Crippen molar-refractivity contribution in [1.29, 1.82) is 0 Å². The second-order valence-corrected chi connectivity index (χ2v) is 7.75. The van der Waals surface area contributed by atoms with Crippen molar-refractivity contribution >= 4 is 26.0 Å². The van der Waals surface area contributed by atoms with Crippen LogP contribution in [0.25, 0.3) is 0 Å². The fourth-order valence-corrected chi connectivity index (χ4v) is 3.82. The predicted molar refractivity (Wildman–Crippen MR) is 80.3 cm³/mol. The Morgan fingerprint density at radius 3 is 2.45 bits per heavy atom. The van der Waals surface area contributed by atoms with Crippen LogP contribution in [0.4, 0.5) is 0 Å². The lowest BCUT2D eigenvalue weighted by Gasteiger charge is -2.33. The first-order chi connectivity index (χ1) is 9.29. The third-order valence-electron chi connectivity index (χ3n) is 3.35. The predicted octanol–water partition coefficient (Wildman–Crippen LogP) is 2.25. The van der Waals surface area contributed by atoms with Crippen LogP contribution in [0.2, 0.25) is 0 Å². The molecule has 0 aliphatic carbocycles. The van der Waals surface area contributed by atoms with E-state index in [0.29, 0.717) is 30.0 Å². The molecule has 0 fully saturated rings. The first kappa shape index (κ1) is 15.6. The molecule has 0 atom stereocenters. The van der Waals surface area contributed by atoms with Crippen LogP contribution in [0.1, 0.15) is 13.8 Å². The molecule has 7 heteroatoms. The average Bonchev–Trinajstić information content (AvgIpc) is 2.45. The Bertz CT molecular complexity index is 600. The van der Waals surface area contributed by atoms with Gasteiger partial charge in [0, 0.05) is 24.0 Å². The van der Waals surface area contributed by atoms with Gasteiger partial charge in [-0.05, 0) is 26.0 Å². The van der Waals surface area contributed by atoms with Crippen molar-refractivity contribution in [3.8, 4) is 11.5 Å². The van der Waals surface area contributed by atoms with Crippen molar-refractivity contribution in [1.82, 2.24) is 4.31 Å². The second-order valence-electron chi connectivity index (χ2n) is 5.22. The van der Waals surface area contributed by atoms with Crippen LogP contribution >= 0.6 is 15.9 Å². The lowest BCUT2D eigenvalue weighted by atomic mass is 10.1. The van der Waals surface area contributed by atoms with Gasteiger partial charge in [0.15, 0.2) is 11.5 Å². The monoisotopic (exact) mass is 363 g/mol. The molecule has 5 nitrogen and oxygen atoms in total. The summed E-state index contributed by atoms with van der Waals surface area (Å²) in [4.78, 5) is 0.207. The molecule has 1 aliphatic rings. The van der Waals surface area contributed by atoms with E-state index < -0.39 is 15.6 Å². The van der Waals surface area contributed by atoms with E-state index in [4.69, 9.17) is 9.47 Å². The fourth-order valence-electron chi connectivity index (χ4n) is 1.75. The molecule has 0 saturated carbocycles. The van der Waals surface area contributed by atoms with Crippen LogP contribution < -0.4 is 9.47 Å². The molecule has 0 radical (unpaired) electrons. The maximum Gasteiger partial charge on any atom is 0.243 e. The molecule has 0 spiro atoms. The van der Waals surface area contributed by atoms with Gasteiger partial charge in [-0.25, -0.2) is 8.42 Å². The SMILES string of the molecule is CN(C(C)(C)CBr)S(=O)(=O)c1ccc2c(c1)OCCO2. The quantitative estimate of drug-likeness (QED) is 0.769. The second kappa shape index (κ2) is 5.54. The molecule has 1 heterocycles. The fraction of sp³-hybridized carbons (Fsp3) is 0.538. The summed E-state index contributed by atoms with van der Waals surface area (Å²) in [6, 6.07) is 4.70. The Kier molecular flexibility index (Phi) is 4.32. The topological polar surface area (TPSA) is 55.8 Å². The van der Waals surface area contributed by atoms with Gasteiger partial charge in [-0.15, -0.1) is 0 Å². The highest BCUT2D eigenvalue weighted by Crippen LogP contribution is 2.34. The Morgan fingerprint density at radius 2 is 1.85 bits per heavy atom. The third-order valence-corrected chi connectivity index (χ3v) is 6.79. The van der Waals surface area contributed by atoms with E-state index in [0.717, 1.165) is 0 Å². The van der Waals surface area contributed by atoms with Gasteiger partial charge in [-0.3, -0.25) is 0 Å². The minimum absolute atomic E-state index is 0.207. The van der Waals surface area contributed by atoms with Crippen LogP contribution in [-0.4, -0.2) is 43.9 Å². The van der Waals surface area contributed by atoms with Crippen LogP contribution in [-0.2, 0) is 10.0 Å². The van der Waals surface area contributed by atoms with E-state index in [1.165, 1.54) is 10.4 Å². The van der Waals surface area contributed by atoms with Crippen molar-refractivity contribution in [2.45, 2.75) is 24.3 Å². The summed E-state index contributed by atoms with van der Waals surface area (Å²) in [5.74, 6) is 1.06. The summed E-state index contributed by atoms with van der Waals surface area (Å²) in [6.45, 7) is 4.63. The maximum atomic E-state index is 12.6. The lowest BCUT2D eigenvalue weighted by Crippen LogP contribution is -2.46. The van der Waals surface area contributed by atoms with Crippen molar-refractivity contribution in [2.75, 3.05) is 25.6 Å². The average molecular weight is 364 g/mol. The van der Waals surface area contributed by atoms with Crippen molar-refractivity contribution < 1.29 is 17.9 Å². The number of halogens is 1. The van der Waals surface area contributed by atoms with Crippen LogP contribution in [0.5, 0.6) is 11.5 Å². The number of sulfonamides is 1. The standard InChI is InChI=1S/C13H18BrNO4S/c1-13(2,9-14)15(3)20(16,17)10-4-5-11-12(8-10)19-7-6-18-11/h4-5,8H,6-7,9H2,1-3H3. The summed E-state index contributed by atoms with van der Waals surface area (Å²) in [5, 5.41) is 0.542. The van der Waals surface area contributed by atoms with Gasteiger partial charge in [0.1, 0.15) is 13.2 Å². The maximum absolute atomic E-state index is 12.6. The van der Waals surface area contributed by atoms with E-state index in [1.54, 1.807) is 19.2 Å². The smallest absolute Gasteiger partial charge is 0.243 e. The summed E-state index contributed by atoms with van der Waals surface area (Å²) in [5.41, 5.74) is -0.522. The normalized spacial score (nSPS) is 15.4. The number of hydrogen-bond acceptors (Lipinski definition) is 4. The Balaban J connectivity index is 2.40. The largest absolute Gasteiger partial charge is 0.486 e. The molecule has 20 heavy (non-hydrogen) atoms. The summed E-state index contributed by atoms with van der Waals surface area (Å²) in [6.07, 6.45) is 0. The molecule has 1 aromatic carbocycles. The zero-order valence-electron chi connectivity index (χ0n) is 11.7. The highest BCUT2D eigenvalue weighted by atomic mass is 79.9. The van der Waals surface area contributed by atoms with Crippen molar-refractivity contribution in [3.05, 3.63) is 18.2 Å². The number of hydrogen-bond donors (Lipinski definition) is 0. The molecule has 1 aliphatic heterocycles. The third kappa shape index (κ3) is 2.80. The van der Waals surface area contributed by atoms with Gasteiger partial charge in [-0.1, -0.05) is 15.9 Å². The van der Waals surface area contributed by atoms with Gasteiger partial charge in [0.25, 0.3) is 0 Å². The summed E-state index contributed by atoms with van der Waals surface area (Å²) >= 11 is 3.35. The molecule has 2 rings (SSSR count). The van der Waals surface area contributed by atoms with E-state index in [2.05, 4.69) is 15.9 Å². The molecule has 0 amide bonds. The molecule has 0 N–H and O–H groups in total. The molecule has 0 bridgehead atoms. The van der Waals surface area contributed by atoms with E-state index in [1.807, 2.05) is 13.8 Å². The summed E-state index contributed by atoms with van der Waals surface area (Å²) in [7, 11) is -2.00. The van der Waals surface area contributed by atoms with Gasteiger partial charge in [0.2, 0.25) is 10.0 Å². The zero-order chi connectivity index (χ0) is 15.0. The van der Waals surface area contributed by atoms with Gasteiger partial charge in [-0.2, -0.15) is 4.31 Å². The number of rotatable bonds is 4. The molecule has 0 saturated heterocycles. The van der Waals surface area contributed by atoms with Gasteiger partial charge >= 0.3 is 0 Å². The molecule has 1 aromatic rings. The molecule has 0 aromatic heterocycles. The first-order valence-corrected chi connectivity index (χ1v) is 8.80. The highest BCUT2D eigenvalue weighted by Gasteiger charge is 2.33. The summed E-state index contributed by atoms with van der Waals surface area (Å²) < 4.78 is 37.5. The van der Waals surface area contributed by atoms with E-state index >= 15 is 0 Å². The molecular formula is C13H18BrNO4S. The molecule has 112 valence electrons. The van der Waals surface area contributed by atoms with Gasteiger partial charge < -0.3 is 9.47 Å². The number of alkyl halides is 1.